The fourth-order valence-corrected chi connectivity index (χ4v) is 3.82. The van der Waals surface area contributed by atoms with Gasteiger partial charge in [0.2, 0.25) is 15.9 Å². The van der Waals surface area contributed by atoms with Crippen LogP contribution in [0.15, 0.2) is 39.8 Å². The summed E-state index contributed by atoms with van der Waals surface area (Å²) in [5, 5.41) is 0. The van der Waals surface area contributed by atoms with Crippen molar-refractivity contribution in [1.29, 1.82) is 0 Å². The van der Waals surface area contributed by atoms with E-state index < -0.39 is 10.0 Å². The molecule has 0 saturated heterocycles. The minimum absolute atomic E-state index is 0.0295. The number of aromatic nitrogens is 1. The van der Waals surface area contributed by atoms with E-state index in [1.165, 1.54) is 11.8 Å². The zero-order valence-electron chi connectivity index (χ0n) is 11.6. The summed E-state index contributed by atoms with van der Waals surface area (Å²) in [5.74, 6) is 1.51. The molecule has 0 aliphatic rings. The van der Waals surface area contributed by atoms with Crippen molar-refractivity contribution in [2.24, 2.45) is 0 Å². The van der Waals surface area contributed by atoms with E-state index in [4.69, 9.17) is 10.2 Å². The minimum atomic E-state index is -3.34. The number of rotatable bonds is 7. The number of hydrogen-bond acceptors (Lipinski definition) is 6. The van der Waals surface area contributed by atoms with E-state index in [1.807, 2.05) is 12.1 Å². The number of hydrogen-bond donors (Lipinski definition) is 2. The van der Waals surface area contributed by atoms with Gasteiger partial charge in [-0.3, -0.25) is 0 Å². The first-order valence-corrected chi connectivity index (χ1v) is 8.95. The molecule has 6 nitrogen and oxygen atoms in total. The van der Waals surface area contributed by atoms with Crippen molar-refractivity contribution >= 4 is 27.5 Å². The molecule has 0 atom stereocenters. The van der Waals surface area contributed by atoms with Gasteiger partial charge in [-0.05, 0) is 31.2 Å². The van der Waals surface area contributed by atoms with Crippen LogP contribution in [0.5, 0.6) is 0 Å². The standard InChI is InChI=1S/C13H17N3O3S2/c1-10-8-15-13(19-10)9-16-21(17,18)7-6-20-12-4-2-11(14)3-5-12/h2-5,8,16H,6-7,9,14H2,1H3. The molecular formula is C13H17N3O3S2. The van der Waals surface area contributed by atoms with Crippen molar-refractivity contribution in [2.75, 3.05) is 17.2 Å². The number of nitrogens with two attached hydrogens (primary N) is 1. The van der Waals surface area contributed by atoms with Crippen LogP contribution in [0.2, 0.25) is 0 Å². The number of thioether (sulfide) groups is 1. The van der Waals surface area contributed by atoms with E-state index in [9.17, 15) is 8.42 Å². The molecule has 2 rings (SSSR count). The topological polar surface area (TPSA) is 98.2 Å². The highest BCUT2D eigenvalue weighted by Crippen LogP contribution is 2.19. The lowest BCUT2D eigenvalue weighted by molar-refractivity contribution is 0.463. The number of benzene rings is 1. The summed E-state index contributed by atoms with van der Waals surface area (Å²) in [6.45, 7) is 1.83. The monoisotopic (exact) mass is 327 g/mol. The van der Waals surface area contributed by atoms with Gasteiger partial charge in [-0.15, -0.1) is 11.8 Å². The molecule has 2 aromatic rings. The maximum absolute atomic E-state index is 11.8. The second-order valence-electron chi connectivity index (χ2n) is 4.42. The van der Waals surface area contributed by atoms with Crippen molar-refractivity contribution in [2.45, 2.75) is 18.4 Å². The number of nitrogen functional groups attached to an aromatic ring is 1. The third-order valence-electron chi connectivity index (χ3n) is 2.61. The highest BCUT2D eigenvalue weighted by molar-refractivity contribution is 8.00. The molecular weight excluding hydrogens is 310 g/mol. The summed E-state index contributed by atoms with van der Waals surface area (Å²) >= 11 is 1.47. The summed E-state index contributed by atoms with van der Waals surface area (Å²) in [6.07, 6.45) is 1.56. The third kappa shape index (κ3) is 5.41. The average Bonchev–Trinajstić information content (AvgIpc) is 2.85. The SMILES string of the molecule is Cc1cnc(CNS(=O)(=O)CCSc2ccc(N)cc2)o1. The highest BCUT2D eigenvalue weighted by atomic mass is 32.2. The second kappa shape index (κ2) is 6.97. The van der Waals surface area contributed by atoms with Gasteiger partial charge in [-0.2, -0.15) is 0 Å². The van der Waals surface area contributed by atoms with Crippen LogP contribution in [0.4, 0.5) is 5.69 Å². The lowest BCUT2D eigenvalue weighted by Gasteiger charge is -2.05. The van der Waals surface area contributed by atoms with Gasteiger partial charge in [0.15, 0.2) is 0 Å². The Morgan fingerprint density at radius 3 is 2.67 bits per heavy atom. The third-order valence-corrected chi connectivity index (χ3v) is 5.21. The number of sulfonamides is 1. The molecule has 0 aliphatic carbocycles. The van der Waals surface area contributed by atoms with Crippen LogP contribution < -0.4 is 10.5 Å². The molecule has 0 spiro atoms. The number of oxazole rings is 1. The summed E-state index contributed by atoms with van der Waals surface area (Å²) in [6, 6.07) is 7.32. The van der Waals surface area contributed by atoms with Gasteiger partial charge >= 0.3 is 0 Å². The molecule has 1 aromatic carbocycles. The minimum Gasteiger partial charge on any atom is -0.445 e. The normalized spacial score (nSPS) is 11.7. The molecule has 0 bridgehead atoms. The number of nitrogens with zero attached hydrogens (tertiary/aromatic N) is 1. The molecule has 21 heavy (non-hydrogen) atoms. The Kier molecular flexibility index (Phi) is 5.27. The number of anilines is 1. The molecule has 0 amide bonds. The zero-order chi connectivity index (χ0) is 15.3. The fourth-order valence-electron chi connectivity index (χ4n) is 1.56. The Morgan fingerprint density at radius 2 is 2.05 bits per heavy atom. The molecule has 1 heterocycles. The first kappa shape index (κ1) is 15.9. The maximum Gasteiger partial charge on any atom is 0.212 e. The molecule has 0 saturated carbocycles. The molecule has 0 fully saturated rings. The van der Waals surface area contributed by atoms with Gasteiger partial charge in [0, 0.05) is 16.3 Å². The molecule has 0 unspecified atom stereocenters. The Morgan fingerprint density at radius 1 is 1.33 bits per heavy atom. The summed E-state index contributed by atoms with van der Waals surface area (Å²) in [4.78, 5) is 4.93. The molecule has 0 aliphatic heterocycles. The van der Waals surface area contributed by atoms with Gasteiger partial charge in [0.05, 0.1) is 18.5 Å². The van der Waals surface area contributed by atoms with Gasteiger partial charge in [-0.25, -0.2) is 18.1 Å². The second-order valence-corrected chi connectivity index (χ2v) is 7.52. The van der Waals surface area contributed by atoms with Gasteiger partial charge in [0.25, 0.3) is 0 Å². The number of nitrogens with one attached hydrogen (secondary N) is 1. The van der Waals surface area contributed by atoms with Crippen LogP contribution in [0.1, 0.15) is 11.7 Å². The van der Waals surface area contributed by atoms with E-state index in [1.54, 1.807) is 25.3 Å². The first-order chi connectivity index (χ1) is 9.94. The van der Waals surface area contributed by atoms with E-state index >= 15 is 0 Å². The fraction of sp³-hybridized carbons (Fsp3) is 0.308. The Bertz CT molecular complexity index is 681. The molecule has 8 heteroatoms. The van der Waals surface area contributed by atoms with Crippen molar-refractivity contribution < 1.29 is 12.8 Å². The molecule has 0 radical (unpaired) electrons. The van der Waals surface area contributed by atoms with Crippen LogP contribution in [-0.2, 0) is 16.6 Å². The van der Waals surface area contributed by atoms with Crippen molar-refractivity contribution in [3.05, 3.63) is 42.1 Å². The molecule has 1 aromatic heterocycles. The van der Waals surface area contributed by atoms with Gasteiger partial charge in [-0.1, -0.05) is 0 Å². The Labute approximate surface area is 128 Å². The highest BCUT2D eigenvalue weighted by Gasteiger charge is 2.12. The van der Waals surface area contributed by atoms with Crippen LogP contribution in [0.3, 0.4) is 0 Å². The Hall–Kier alpha value is -1.51. The van der Waals surface area contributed by atoms with Crippen LogP contribution in [0.25, 0.3) is 0 Å². The molecule has 114 valence electrons. The predicted molar refractivity (Wildman–Crippen MR) is 83.4 cm³/mol. The quantitative estimate of drug-likeness (QED) is 0.594. The van der Waals surface area contributed by atoms with Crippen LogP contribution in [0, 0.1) is 6.92 Å². The van der Waals surface area contributed by atoms with Gasteiger partial charge < -0.3 is 10.2 Å². The average molecular weight is 327 g/mol. The van der Waals surface area contributed by atoms with Crippen molar-refractivity contribution in [1.82, 2.24) is 9.71 Å². The van der Waals surface area contributed by atoms with Crippen LogP contribution in [-0.4, -0.2) is 24.9 Å². The molecule has 3 N–H and O–H groups in total. The van der Waals surface area contributed by atoms with Crippen molar-refractivity contribution in [3.63, 3.8) is 0 Å². The van der Waals surface area contributed by atoms with Gasteiger partial charge in [0.1, 0.15) is 5.76 Å². The van der Waals surface area contributed by atoms with E-state index in [-0.39, 0.29) is 12.3 Å². The lowest BCUT2D eigenvalue weighted by Crippen LogP contribution is -2.27. The summed E-state index contributed by atoms with van der Waals surface area (Å²) in [5.41, 5.74) is 6.28. The van der Waals surface area contributed by atoms with E-state index in [2.05, 4.69) is 9.71 Å². The zero-order valence-corrected chi connectivity index (χ0v) is 13.2. The summed E-state index contributed by atoms with van der Waals surface area (Å²) < 4.78 is 31.4. The van der Waals surface area contributed by atoms with Crippen LogP contribution >= 0.6 is 11.8 Å². The van der Waals surface area contributed by atoms with E-state index in [0.29, 0.717) is 23.1 Å². The smallest absolute Gasteiger partial charge is 0.212 e. The largest absolute Gasteiger partial charge is 0.445 e. The lowest BCUT2D eigenvalue weighted by atomic mass is 10.3. The van der Waals surface area contributed by atoms with E-state index in [0.717, 1.165) is 4.90 Å². The predicted octanol–water partition coefficient (Wildman–Crippen LogP) is 1.78. The first-order valence-electron chi connectivity index (χ1n) is 6.31. The maximum atomic E-state index is 11.8. The van der Waals surface area contributed by atoms with Crippen molar-refractivity contribution in [3.8, 4) is 0 Å². The summed E-state index contributed by atoms with van der Waals surface area (Å²) in [7, 11) is -3.34. The number of aryl methyl sites for hydroxylation is 1. The Balaban J connectivity index is 1.77.